The minimum absolute atomic E-state index is 0.142. The van der Waals surface area contributed by atoms with E-state index < -0.39 is 0 Å². The molecule has 1 unspecified atom stereocenters. The minimum Gasteiger partial charge on any atom is -0.336 e. The Hall–Kier alpha value is -0.140. The van der Waals surface area contributed by atoms with Crippen molar-refractivity contribution in [2.75, 3.05) is 13.1 Å². The van der Waals surface area contributed by atoms with Crippen LogP contribution in [-0.4, -0.2) is 29.9 Å². The Labute approximate surface area is 136 Å². The largest absolute Gasteiger partial charge is 0.336 e. The van der Waals surface area contributed by atoms with Gasteiger partial charge in [0.25, 0.3) is 5.91 Å². The monoisotopic (exact) mass is 436 g/mol. The van der Waals surface area contributed by atoms with Gasteiger partial charge >= 0.3 is 0 Å². The maximum Gasteiger partial charge on any atom is 0.255 e. The van der Waals surface area contributed by atoms with Crippen LogP contribution in [0.1, 0.15) is 36.0 Å². The van der Waals surface area contributed by atoms with E-state index in [0.29, 0.717) is 12.6 Å². The van der Waals surface area contributed by atoms with Crippen LogP contribution in [0, 0.1) is 3.57 Å². The third kappa shape index (κ3) is 3.70. The van der Waals surface area contributed by atoms with Crippen LogP contribution < -0.4 is 5.73 Å². The summed E-state index contributed by atoms with van der Waals surface area (Å²) < 4.78 is 1.95. The molecular formula is C14H18BrIN2O. The zero-order chi connectivity index (χ0) is 13.8. The molecule has 1 aromatic rings. The van der Waals surface area contributed by atoms with E-state index >= 15 is 0 Å². The Bertz CT molecular complexity index is 465. The smallest absolute Gasteiger partial charge is 0.255 e. The number of nitrogens with zero attached hydrogens (tertiary/aromatic N) is 1. The second kappa shape index (κ2) is 7.04. The SMILES string of the molecule is NCCC1CCCCN1C(=O)c1cc(Br)ccc1I. The van der Waals surface area contributed by atoms with Crippen molar-refractivity contribution in [3.8, 4) is 0 Å². The molecule has 19 heavy (non-hydrogen) atoms. The van der Waals surface area contributed by atoms with Crippen molar-refractivity contribution < 1.29 is 4.79 Å². The maximum atomic E-state index is 12.7. The predicted molar refractivity (Wildman–Crippen MR) is 89.2 cm³/mol. The number of hydrogen-bond acceptors (Lipinski definition) is 2. The van der Waals surface area contributed by atoms with Crippen molar-refractivity contribution in [3.63, 3.8) is 0 Å². The lowest BCUT2D eigenvalue weighted by molar-refractivity contribution is 0.0604. The third-order valence-corrected chi connectivity index (χ3v) is 4.98. The molecule has 0 bridgehead atoms. The molecule has 0 radical (unpaired) electrons. The van der Waals surface area contributed by atoms with Gasteiger partial charge in [0.15, 0.2) is 0 Å². The minimum atomic E-state index is 0.142. The first-order valence-corrected chi connectivity index (χ1v) is 8.46. The third-order valence-electron chi connectivity index (χ3n) is 3.55. The van der Waals surface area contributed by atoms with E-state index in [4.69, 9.17) is 5.73 Å². The molecule has 1 atom stereocenters. The summed E-state index contributed by atoms with van der Waals surface area (Å²) in [7, 11) is 0. The summed E-state index contributed by atoms with van der Waals surface area (Å²) in [5.41, 5.74) is 6.46. The Kier molecular flexibility index (Phi) is 5.65. The van der Waals surface area contributed by atoms with Gasteiger partial charge < -0.3 is 10.6 Å². The molecule has 0 spiro atoms. The van der Waals surface area contributed by atoms with Gasteiger partial charge in [-0.3, -0.25) is 4.79 Å². The summed E-state index contributed by atoms with van der Waals surface area (Å²) in [5.74, 6) is 0.142. The zero-order valence-corrected chi connectivity index (χ0v) is 14.5. The quantitative estimate of drug-likeness (QED) is 0.738. The summed E-state index contributed by atoms with van der Waals surface area (Å²) in [6.45, 7) is 1.50. The van der Waals surface area contributed by atoms with Gasteiger partial charge in [0, 0.05) is 20.6 Å². The summed E-state index contributed by atoms with van der Waals surface area (Å²) in [5, 5.41) is 0. The van der Waals surface area contributed by atoms with E-state index in [-0.39, 0.29) is 5.91 Å². The van der Waals surface area contributed by atoms with Crippen molar-refractivity contribution in [1.82, 2.24) is 4.90 Å². The second-order valence-corrected chi connectivity index (χ2v) is 6.93. The van der Waals surface area contributed by atoms with Gasteiger partial charge in [-0.15, -0.1) is 0 Å². The summed E-state index contributed by atoms with van der Waals surface area (Å²) >= 11 is 5.66. The van der Waals surface area contributed by atoms with Crippen LogP contribution in [0.3, 0.4) is 0 Å². The van der Waals surface area contributed by atoms with Gasteiger partial charge in [-0.1, -0.05) is 15.9 Å². The number of likely N-dealkylation sites (tertiary alicyclic amines) is 1. The number of hydrogen-bond donors (Lipinski definition) is 1. The lowest BCUT2D eigenvalue weighted by atomic mass is 9.98. The molecule has 0 aliphatic carbocycles. The molecular weight excluding hydrogens is 419 g/mol. The molecule has 2 rings (SSSR count). The first kappa shape index (κ1) is 15.3. The highest BCUT2D eigenvalue weighted by Crippen LogP contribution is 2.25. The summed E-state index contributed by atoms with van der Waals surface area (Å²) in [6, 6.07) is 6.16. The highest BCUT2D eigenvalue weighted by atomic mass is 127. The zero-order valence-electron chi connectivity index (χ0n) is 10.7. The van der Waals surface area contributed by atoms with E-state index in [1.54, 1.807) is 0 Å². The molecule has 104 valence electrons. The molecule has 2 N–H and O–H groups in total. The lowest BCUT2D eigenvalue weighted by Gasteiger charge is -2.36. The fraction of sp³-hybridized carbons (Fsp3) is 0.500. The summed E-state index contributed by atoms with van der Waals surface area (Å²) in [6.07, 6.45) is 4.27. The lowest BCUT2D eigenvalue weighted by Crippen LogP contribution is -2.44. The van der Waals surface area contributed by atoms with Crippen LogP contribution in [0.15, 0.2) is 22.7 Å². The molecule has 0 aromatic heterocycles. The average Bonchev–Trinajstić information content (AvgIpc) is 2.42. The number of amides is 1. The van der Waals surface area contributed by atoms with Crippen LogP contribution in [0.2, 0.25) is 0 Å². The van der Waals surface area contributed by atoms with Crippen LogP contribution >= 0.6 is 38.5 Å². The van der Waals surface area contributed by atoms with E-state index in [1.165, 1.54) is 6.42 Å². The molecule has 1 saturated heterocycles. The highest BCUT2D eigenvalue weighted by Gasteiger charge is 2.27. The van der Waals surface area contributed by atoms with Crippen molar-refractivity contribution in [2.45, 2.75) is 31.7 Å². The van der Waals surface area contributed by atoms with Gasteiger partial charge in [-0.25, -0.2) is 0 Å². The van der Waals surface area contributed by atoms with E-state index in [0.717, 1.165) is 39.4 Å². The topological polar surface area (TPSA) is 46.3 Å². The fourth-order valence-corrected chi connectivity index (χ4v) is 3.50. The molecule has 1 aliphatic rings. The number of nitrogens with two attached hydrogens (primary N) is 1. The number of piperidine rings is 1. The number of rotatable bonds is 3. The van der Waals surface area contributed by atoms with Crippen LogP contribution in [0.4, 0.5) is 0 Å². The van der Waals surface area contributed by atoms with Crippen LogP contribution in [0.25, 0.3) is 0 Å². The van der Waals surface area contributed by atoms with Gasteiger partial charge in [-0.05, 0) is 73.0 Å². The number of halogens is 2. The number of carbonyl (C=O) groups excluding carboxylic acids is 1. The fourth-order valence-electron chi connectivity index (χ4n) is 2.58. The Balaban J connectivity index is 2.23. The van der Waals surface area contributed by atoms with Crippen LogP contribution in [-0.2, 0) is 0 Å². The molecule has 3 nitrogen and oxygen atoms in total. The normalized spacial score (nSPS) is 19.5. The maximum absolute atomic E-state index is 12.7. The molecule has 5 heteroatoms. The Morgan fingerprint density at radius 1 is 1.47 bits per heavy atom. The Morgan fingerprint density at radius 3 is 3.00 bits per heavy atom. The van der Waals surface area contributed by atoms with E-state index in [1.807, 2.05) is 23.1 Å². The molecule has 1 aliphatic heterocycles. The van der Waals surface area contributed by atoms with Gasteiger partial charge in [0.05, 0.1) is 5.56 Å². The van der Waals surface area contributed by atoms with Crippen molar-refractivity contribution in [3.05, 3.63) is 31.8 Å². The van der Waals surface area contributed by atoms with Gasteiger partial charge in [0.1, 0.15) is 0 Å². The van der Waals surface area contributed by atoms with Crippen molar-refractivity contribution in [2.24, 2.45) is 5.73 Å². The van der Waals surface area contributed by atoms with E-state index in [2.05, 4.69) is 38.5 Å². The Morgan fingerprint density at radius 2 is 2.26 bits per heavy atom. The standard InChI is InChI=1S/C14H18BrIN2O/c15-10-4-5-13(16)12(9-10)14(19)18-8-2-1-3-11(18)6-7-17/h4-5,9,11H,1-3,6-8,17H2. The first-order valence-electron chi connectivity index (χ1n) is 6.59. The van der Waals surface area contributed by atoms with Crippen LogP contribution in [0.5, 0.6) is 0 Å². The number of benzene rings is 1. The van der Waals surface area contributed by atoms with E-state index in [9.17, 15) is 4.79 Å². The van der Waals surface area contributed by atoms with Crippen molar-refractivity contribution in [1.29, 1.82) is 0 Å². The number of carbonyl (C=O) groups is 1. The van der Waals surface area contributed by atoms with Gasteiger partial charge in [0.2, 0.25) is 0 Å². The van der Waals surface area contributed by atoms with Gasteiger partial charge in [-0.2, -0.15) is 0 Å². The molecule has 0 saturated carbocycles. The average molecular weight is 437 g/mol. The first-order chi connectivity index (χ1) is 9.13. The molecule has 1 amide bonds. The highest BCUT2D eigenvalue weighted by molar-refractivity contribution is 14.1. The predicted octanol–water partition coefficient (Wildman–Crippen LogP) is 3.40. The summed E-state index contributed by atoms with van der Waals surface area (Å²) in [4.78, 5) is 14.7. The van der Waals surface area contributed by atoms with Crippen molar-refractivity contribution >= 4 is 44.4 Å². The molecule has 1 heterocycles. The molecule has 1 aromatic carbocycles. The second-order valence-electron chi connectivity index (χ2n) is 4.85. The molecule has 1 fully saturated rings.